The Morgan fingerprint density at radius 1 is 1.11 bits per heavy atom. The summed E-state index contributed by atoms with van der Waals surface area (Å²) in [6, 6.07) is 11.4. The summed E-state index contributed by atoms with van der Waals surface area (Å²) in [6.07, 6.45) is -4.45. The largest absolute Gasteiger partial charge is 0.416 e. The third-order valence-corrected chi connectivity index (χ3v) is 9.60. The molecule has 200 valence electrons. The molecule has 0 spiro atoms. The van der Waals surface area contributed by atoms with Crippen molar-refractivity contribution >= 4 is 21.8 Å². The number of nitriles is 1. The zero-order valence-electron chi connectivity index (χ0n) is 20.4. The molecule has 1 N–H and O–H groups in total. The SMILES string of the molecule is C[C@@H]1[C@@H]2CN(C(=O)c3cccc(S(=O)(=O)N4CC(C#N)C4)c3)[C@@H](C(=O)NCc3ccc(C(F)(F)F)cc3)[C@H]12. The third kappa shape index (κ3) is 4.65. The lowest BCUT2D eigenvalue weighted by molar-refractivity contribution is -0.137. The lowest BCUT2D eigenvalue weighted by atomic mass is 10.1. The molecule has 2 saturated heterocycles. The molecular formula is C26H25F3N4O4S. The molecule has 3 aliphatic rings. The normalized spacial score (nSPS) is 25.3. The van der Waals surface area contributed by atoms with E-state index in [0.29, 0.717) is 12.1 Å². The topological polar surface area (TPSA) is 111 Å². The van der Waals surface area contributed by atoms with E-state index < -0.39 is 39.6 Å². The Kier molecular flexibility index (Phi) is 6.47. The Balaban J connectivity index is 1.29. The number of piperidine rings is 1. The molecule has 2 heterocycles. The summed E-state index contributed by atoms with van der Waals surface area (Å²) in [6.45, 7) is 2.57. The van der Waals surface area contributed by atoms with Gasteiger partial charge in [-0.2, -0.15) is 22.7 Å². The minimum absolute atomic E-state index is 0.00846. The van der Waals surface area contributed by atoms with Crippen molar-refractivity contribution in [2.24, 2.45) is 23.7 Å². The van der Waals surface area contributed by atoms with Crippen LogP contribution in [0, 0.1) is 35.0 Å². The van der Waals surface area contributed by atoms with Crippen molar-refractivity contribution in [1.82, 2.24) is 14.5 Å². The average molecular weight is 547 g/mol. The molecule has 0 radical (unpaired) electrons. The molecule has 2 aromatic rings. The molecule has 1 aliphatic carbocycles. The minimum Gasteiger partial charge on any atom is -0.350 e. The van der Waals surface area contributed by atoms with Gasteiger partial charge < -0.3 is 10.2 Å². The molecule has 1 saturated carbocycles. The highest BCUT2D eigenvalue weighted by Crippen LogP contribution is 2.55. The number of nitrogens with zero attached hydrogens (tertiary/aromatic N) is 3. The molecule has 0 unspecified atom stereocenters. The Labute approximate surface area is 218 Å². The Hall–Kier alpha value is -3.43. The molecule has 3 fully saturated rings. The first-order chi connectivity index (χ1) is 17.9. The van der Waals surface area contributed by atoms with Gasteiger partial charge in [-0.05, 0) is 53.6 Å². The van der Waals surface area contributed by atoms with Crippen LogP contribution in [0.4, 0.5) is 13.2 Å². The van der Waals surface area contributed by atoms with Crippen LogP contribution >= 0.6 is 0 Å². The summed E-state index contributed by atoms with van der Waals surface area (Å²) in [5, 5.41) is 11.7. The third-order valence-electron chi connectivity index (χ3n) is 7.77. The molecule has 0 bridgehead atoms. The van der Waals surface area contributed by atoms with Crippen LogP contribution in [-0.4, -0.2) is 55.1 Å². The second-order valence-electron chi connectivity index (χ2n) is 10.1. The number of sulfonamides is 1. The predicted octanol–water partition coefficient (Wildman–Crippen LogP) is 2.87. The maximum Gasteiger partial charge on any atom is 0.416 e. The smallest absolute Gasteiger partial charge is 0.350 e. The number of carbonyl (C=O) groups excluding carboxylic acids is 2. The Morgan fingerprint density at radius 3 is 2.42 bits per heavy atom. The molecule has 2 amide bonds. The maximum absolute atomic E-state index is 13.5. The standard InChI is InChI=1S/C26H25F3N4O4S/c1-15-21-14-33(23(22(15)21)24(34)31-11-16-5-7-19(8-6-16)26(27,28)29)25(35)18-3-2-4-20(9-18)38(36,37)32-12-17(10-30)13-32/h2-9,15,17,21-23H,11-14H2,1H3,(H,31,34)/t15-,21+,22-,23-/m1/s1. The van der Waals surface area contributed by atoms with Gasteiger partial charge in [0.05, 0.1) is 22.4 Å². The number of halogens is 3. The van der Waals surface area contributed by atoms with E-state index in [0.717, 1.165) is 12.1 Å². The van der Waals surface area contributed by atoms with Crippen molar-refractivity contribution < 1.29 is 31.2 Å². The highest BCUT2D eigenvalue weighted by Gasteiger charge is 2.62. The number of nitrogens with one attached hydrogen (secondary N) is 1. The van der Waals surface area contributed by atoms with Crippen molar-refractivity contribution in [3.63, 3.8) is 0 Å². The first kappa shape index (κ1) is 26.2. The summed E-state index contributed by atoms with van der Waals surface area (Å²) in [7, 11) is -3.86. The molecule has 2 aromatic carbocycles. The summed E-state index contributed by atoms with van der Waals surface area (Å²) in [4.78, 5) is 28.0. The van der Waals surface area contributed by atoms with E-state index >= 15 is 0 Å². The minimum atomic E-state index is -4.45. The van der Waals surface area contributed by atoms with Crippen LogP contribution in [-0.2, 0) is 27.5 Å². The monoisotopic (exact) mass is 546 g/mol. The molecule has 8 nitrogen and oxygen atoms in total. The highest BCUT2D eigenvalue weighted by molar-refractivity contribution is 7.89. The van der Waals surface area contributed by atoms with Gasteiger partial charge in [-0.1, -0.05) is 25.1 Å². The number of likely N-dealkylation sites (tertiary alicyclic amines) is 1. The van der Waals surface area contributed by atoms with Gasteiger partial charge in [0.1, 0.15) is 6.04 Å². The lowest BCUT2D eigenvalue weighted by Gasteiger charge is -2.34. The van der Waals surface area contributed by atoms with E-state index in [1.54, 1.807) is 0 Å². The van der Waals surface area contributed by atoms with Crippen molar-refractivity contribution in [1.29, 1.82) is 5.26 Å². The van der Waals surface area contributed by atoms with Gasteiger partial charge in [0.25, 0.3) is 5.91 Å². The molecule has 12 heteroatoms. The van der Waals surface area contributed by atoms with Crippen molar-refractivity contribution in [3.05, 3.63) is 65.2 Å². The van der Waals surface area contributed by atoms with E-state index in [1.807, 2.05) is 13.0 Å². The van der Waals surface area contributed by atoms with E-state index in [-0.39, 0.29) is 53.8 Å². The maximum atomic E-state index is 13.5. The Morgan fingerprint density at radius 2 is 1.79 bits per heavy atom. The van der Waals surface area contributed by atoms with Crippen molar-refractivity contribution in [2.45, 2.75) is 30.6 Å². The van der Waals surface area contributed by atoms with Gasteiger partial charge >= 0.3 is 6.18 Å². The molecule has 38 heavy (non-hydrogen) atoms. The second kappa shape index (κ2) is 9.39. The lowest BCUT2D eigenvalue weighted by Crippen LogP contribution is -2.49. The van der Waals surface area contributed by atoms with Crippen molar-refractivity contribution in [3.8, 4) is 6.07 Å². The molecule has 4 atom stereocenters. The first-order valence-corrected chi connectivity index (χ1v) is 13.6. The van der Waals surface area contributed by atoms with Gasteiger partial charge in [0.15, 0.2) is 0 Å². The molecule has 2 aliphatic heterocycles. The van der Waals surface area contributed by atoms with E-state index in [1.165, 1.54) is 45.6 Å². The number of hydrogen-bond donors (Lipinski definition) is 1. The zero-order valence-corrected chi connectivity index (χ0v) is 21.2. The fraction of sp³-hybridized carbons (Fsp3) is 0.423. The van der Waals surface area contributed by atoms with Crippen LogP contribution in [0.2, 0.25) is 0 Å². The number of carbonyl (C=O) groups is 2. The summed E-state index contributed by atoms with van der Waals surface area (Å²) < 4.78 is 65.4. The average Bonchev–Trinajstić information content (AvgIpc) is 3.29. The van der Waals surface area contributed by atoms with Crippen LogP contribution in [0.15, 0.2) is 53.4 Å². The number of hydrogen-bond acceptors (Lipinski definition) is 5. The van der Waals surface area contributed by atoms with Crippen LogP contribution in [0.1, 0.15) is 28.4 Å². The van der Waals surface area contributed by atoms with Gasteiger partial charge in [0.2, 0.25) is 15.9 Å². The zero-order chi connectivity index (χ0) is 27.4. The van der Waals surface area contributed by atoms with Gasteiger partial charge in [0, 0.05) is 31.7 Å². The number of rotatable bonds is 6. The van der Waals surface area contributed by atoms with Crippen LogP contribution in [0.25, 0.3) is 0 Å². The summed E-state index contributed by atoms with van der Waals surface area (Å²) in [5.74, 6) is -0.863. The highest BCUT2D eigenvalue weighted by atomic mass is 32.2. The molecule has 5 rings (SSSR count). The van der Waals surface area contributed by atoms with Crippen LogP contribution < -0.4 is 5.32 Å². The Bertz CT molecular complexity index is 1420. The summed E-state index contributed by atoms with van der Waals surface area (Å²) >= 11 is 0. The number of benzene rings is 2. The number of amides is 2. The first-order valence-electron chi connectivity index (χ1n) is 12.2. The van der Waals surface area contributed by atoms with Crippen LogP contribution in [0.3, 0.4) is 0 Å². The predicted molar refractivity (Wildman–Crippen MR) is 129 cm³/mol. The van der Waals surface area contributed by atoms with E-state index in [9.17, 15) is 31.2 Å². The van der Waals surface area contributed by atoms with Crippen molar-refractivity contribution in [2.75, 3.05) is 19.6 Å². The fourth-order valence-electron chi connectivity index (χ4n) is 5.39. The molecular weight excluding hydrogens is 521 g/mol. The number of fused-ring (bicyclic) bond motifs is 1. The van der Waals surface area contributed by atoms with Gasteiger partial charge in [-0.3, -0.25) is 9.59 Å². The van der Waals surface area contributed by atoms with Gasteiger partial charge in [-0.15, -0.1) is 0 Å². The van der Waals surface area contributed by atoms with Crippen LogP contribution in [0.5, 0.6) is 0 Å². The fourth-order valence-corrected chi connectivity index (χ4v) is 6.97. The van der Waals surface area contributed by atoms with E-state index in [2.05, 4.69) is 5.32 Å². The quantitative estimate of drug-likeness (QED) is 0.599. The number of alkyl halides is 3. The summed E-state index contributed by atoms with van der Waals surface area (Å²) in [5.41, 5.74) is -0.152. The van der Waals surface area contributed by atoms with Gasteiger partial charge in [-0.25, -0.2) is 8.42 Å². The second-order valence-corrected chi connectivity index (χ2v) is 12.0. The van der Waals surface area contributed by atoms with E-state index in [4.69, 9.17) is 5.26 Å². The molecule has 0 aromatic heterocycles.